The Morgan fingerprint density at radius 2 is 1.68 bits per heavy atom. The van der Waals surface area contributed by atoms with Gasteiger partial charge in [-0.15, -0.1) is 0 Å². The van der Waals surface area contributed by atoms with Crippen molar-refractivity contribution < 1.29 is 4.74 Å². The van der Waals surface area contributed by atoms with Gasteiger partial charge in [0.1, 0.15) is 5.75 Å². The standard InChI is InChI=1S/C16H20N2O/c1-10-5-6-11(2)15(13(10)4)19-16-14(9-17)8-7-12(3)18-16/h5-8H,9,17H2,1-4H3. The van der Waals surface area contributed by atoms with Gasteiger partial charge in [0.25, 0.3) is 0 Å². The Hall–Kier alpha value is -1.87. The third-order valence-electron chi connectivity index (χ3n) is 3.37. The largest absolute Gasteiger partial charge is 0.438 e. The van der Waals surface area contributed by atoms with Gasteiger partial charge in [-0.2, -0.15) is 0 Å². The fourth-order valence-corrected chi connectivity index (χ4v) is 1.98. The van der Waals surface area contributed by atoms with Crippen LogP contribution in [0.5, 0.6) is 11.6 Å². The maximum atomic E-state index is 6.03. The molecule has 0 aliphatic heterocycles. The Kier molecular flexibility index (Phi) is 3.86. The summed E-state index contributed by atoms with van der Waals surface area (Å²) < 4.78 is 6.03. The van der Waals surface area contributed by atoms with Crippen molar-refractivity contribution in [2.24, 2.45) is 5.73 Å². The van der Waals surface area contributed by atoms with Crippen LogP contribution in [0.4, 0.5) is 0 Å². The van der Waals surface area contributed by atoms with Crippen molar-refractivity contribution in [1.82, 2.24) is 4.98 Å². The van der Waals surface area contributed by atoms with Crippen molar-refractivity contribution in [3.63, 3.8) is 0 Å². The van der Waals surface area contributed by atoms with Gasteiger partial charge in [-0.25, -0.2) is 4.98 Å². The predicted molar refractivity (Wildman–Crippen MR) is 77.6 cm³/mol. The Morgan fingerprint density at radius 3 is 2.37 bits per heavy atom. The lowest BCUT2D eigenvalue weighted by Gasteiger charge is -2.15. The molecule has 0 radical (unpaired) electrons. The minimum absolute atomic E-state index is 0.423. The molecule has 0 unspecified atom stereocenters. The first-order valence-corrected chi connectivity index (χ1v) is 6.44. The van der Waals surface area contributed by atoms with Crippen LogP contribution in [0.15, 0.2) is 24.3 Å². The first kappa shape index (κ1) is 13.6. The molecule has 1 heterocycles. The molecule has 0 saturated carbocycles. The van der Waals surface area contributed by atoms with Gasteiger partial charge in [0.2, 0.25) is 5.88 Å². The highest BCUT2D eigenvalue weighted by molar-refractivity contribution is 5.47. The van der Waals surface area contributed by atoms with Gasteiger partial charge in [-0.1, -0.05) is 18.2 Å². The SMILES string of the molecule is Cc1ccc(CN)c(Oc2c(C)ccc(C)c2C)n1. The number of pyridine rings is 1. The van der Waals surface area contributed by atoms with Crippen molar-refractivity contribution >= 4 is 0 Å². The van der Waals surface area contributed by atoms with E-state index in [1.165, 1.54) is 5.56 Å². The molecular weight excluding hydrogens is 236 g/mol. The van der Waals surface area contributed by atoms with Gasteiger partial charge < -0.3 is 10.5 Å². The average Bonchev–Trinajstić information content (AvgIpc) is 2.39. The number of aryl methyl sites for hydroxylation is 3. The van der Waals surface area contributed by atoms with E-state index in [2.05, 4.69) is 31.0 Å². The second-order valence-corrected chi connectivity index (χ2v) is 4.88. The zero-order valence-corrected chi connectivity index (χ0v) is 11.9. The summed E-state index contributed by atoms with van der Waals surface area (Å²) in [5.74, 6) is 1.49. The van der Waals surface area contributed by atoms with Crippen LogP contribution in [0.3, 0.4) is 0 Å². The second kappa shape index (κ2) is 5.41. The van der Waals surface area contributed by atoms with E-state index in [1.807, 2.05) is 26.0 Å². The summed E-state index contributed by atoms with van der Waals surface area (Å²) in [5, 5.41) is 0. The predicted octanol–water partition coefficient (Wildman–Crippen LogP) is 3.57. The number of benzene rings is 1. The molecule has 0 fully saturated rings. The van der Waals surface area contributed by atoms with Crippen LogP contribution >= 0.6 is 0 Å². The summed E-state index contributed by atoms with van der Waals surface area (Å²) in [6, 6.07) is 8.09. The molecule has 0 saturated heterocycles. The molecule has 0 bridgehead atoms. The van der Waals surface area contributed by atoms with Crippen molar-refractivity contribution in [3.05, 3.63) is 52.2 Å². The summed E-state index contributed by atoms with van der Waals surface area (Å²) in [6.45, 7) is 8.56. The molecule has 1 aromatic carbocycles. The van der Waals surface area contributed by atoms with E-state index >= 15 is 0 Å². The zero-order chi connectivity index (χ0) is 14.0. The van der Waals surface area contributed by atoms with E-state index in [4.69, 9.17) is 10.5 Å². The summed E-state index contributed by atoms with van der Waals surface area (Å²) in [5.41, 5.74) is 11.0. The van der Waals surface area contributed by atoms with Gasteiger partial charge in [0, 0.05) is 17.8 Å². The molecule has 2 aromatic rings. The van der Waals surface area contributed by atoms with Crippen LogP contribution in [0.2, 0.25) is 0 Å². The highest BCUT2D eigenvalue weighted by Gasteiger charge is 2.11. The number of hydrogen-bond acceptors (Lipinski definition) is 3. The molecule has 3 heteroatoms. The van der Waals surface area contributed by atoms with Gasteiger partial charge >= 0.3 is 0 Å². The smallest absolute Gasteiger partial charge is 0.223 e. The van der Waals surface area contributed by atoms with E-state index in [-0.39, 0.29) is 0 Å². The van der Waals surface area contributed by atoms with Gasteiger partial charge in [0.05, 0.1) is 0 Å². The number of ether oxygens (including phenoxy) is 1. The van der Waals surface area contributed by atoms with E-state index in [0.717, 1.165) is 28.1 Å². The molecule has 2 N–H and O–H groups in total. The maximum absolute atomic E-state index is 6.03. The molecule has 0 atom stereocenters. The van der Waals surface area contributed by atoms with E-state index in [0.29, 0.717) is 12.4 Å². The zero-order valence-electron chi connectivity index (χ0n) is 11.9. The molecule has 19 heavy (non-hydrogen) atoms. The molecule has 100 valence electrons. The first-order chi connectivity index (χ1) is 9.02. The molecule has 0 amide bonds. The fourth-order valence-electron chi connectivity index (χ4n) is 1.98. The molecule has 0 spiro atoms. The minimum Gasteiger partial charge on any atom is -0.438 e. The quantitative estimate of drug-likeness (QED) is 0.913. The van der Waals surface area contributed by atoms with Gasteiger partial charge in [0.15, 0.2) is 0 Å². The lowest BCUT2D eigenvalue weighted by Crippen LogP contribution is -2.03. The number of rotatable bonds is 3. The molecule has 2 rings (SSSR count). The monoisotopic (exact) mass is 256 g/mol. The molecule has 0 aliphatic rings. The topological polar surface area (TPSA) is 48.1 Å². The van der Waals surface area contributed by atoms with Crippen molar-refractivity contribution in [2.75, 3.05) is 0 Å². The summed E-state index contributed by atoms with van der Waals surface area (Å²) in [6.07, 6.45) is 0. The molecule has 0 aliphatic carbocycles. The first-order valence-electron chi connectivity index (χ1n) is 6.44. The number of nitrogens with two attached hydrogens (primary N) is 1. The Bertz CT molecular complexity index is 606. The highest BCUT2D eigenvalue weighted by Crippen LogP contribution is 2.31. The summed E-state index contributed by atoms with van der Waals surface area (Å²) in [7, 11) is 0. The normalized spacial score (nSPS) is 10.6. The van der Waals surface area contributed by atoms with Crippen molar-refractivity contribution in [3.8, 4) is 11.6 Å². The minimum atomic E-state index is 0.423. The lowest BCUT2D eigenvalue weighted by molar-refractivity contribution is 0.448. The number of nitrogens with zero attached hydrogens (tertiary/aromatic N) is 1. The van der Waals surface area contributed by atoms with Crippen molar-refractivity contribution in [1.29, 1.82) is 0 Å². The van der Waals surface area contributed by atoms with Crippen LogP contribution < -0.4 is 10.5 Å². The van der Waals surface area contributed by atoms with E-state index in [1.54, 1.807) is 0 Å². The van der Waals surface area contributed by atoms with E-state index < -0.39 is 0 Å². The highest BCUT2D eigenvalue weighted by atomic mass is 16.5. The molecule has 3 nitrogen and oxygen atoms in total. The Labute approximate surface area is 114 Å². The third kappa shape index (κ3) is 2.76. The summed E-state index contributed by atoms with van der Waals surface area (Å²) >= 11 is 0. The van der Waals surface area contributed by atoms with Crippen molar-refractivity contribution in [2.45, 2.75) is 34.2 Å². The summed E-state index contributed by atoms with van der Waals surface area (Å²) in [4.78, 5) is 4.45. The molecular formula is C16H20N2O. The van der Waals surface area contributed by atoms with Crippen LogP contribution in [0.25, 0.3) is 0 Å². The fraction of sp³-hybridized carbons (Fsp3) is 0.312. The van der Waals surface area contributed by atoms with Crippen LogP contribution in [-0.2, 0) is 6.54 Å². The number of hydrogen-bond donors (Lipinski definition) is 1. The number of aromatic nitrogens is 1. The maximum Gasteiger partial charge on any atom is 0.223 e. The van der Waals surface area contributed by atoms with E-state index in [9.17, 15) is 0 Å². The average molecular weight is 256 g/mol. The van der Waals surface area contributed by atoms with Crippen LogP contribution in [0.1, 0.15) is 27.9 Å². The van der Waals surface area contributed by atoms with Crippen LogP contribution in [-0.4, -0.2) is 4.98 Å². The third-order valence-corrected chi connectivity index (χ3v) is 3.37. The molecule has 1 aromatic heterocycles. The second-order valence-electron chi connectivity index (χ2n) is 4.88. The lowest BCUT2D eigenvalue weighted by atomic mass is 10.1. The Morgan fingerprint density at radius 1 is 1.00 bits per heavy atom. The Balaban J connectivity index is 2.47. The van der Waals surface area contributed by atoms with Gasteiger partial charge in [-0.05, 0) is 50.5 Å². The van der Waals surface area contributed by atoms with Gasteiger partial charge in [-0.3, -0.25) is 0 Å². The van der Waals surface area contributed by atoms with Crippen LogP contribution in [0, 0.1) is 27.7 Å².